The van der Waals surface area contributed by atoms with Crippen LogP contribution >= 0.6 is 16.1 Å². The molecular formula is C20H27BrFN5O2. The molecule has 1 amide bonds. The van der Waals surface area contributed by atoms with Crippen molar-refractivity contribution in [3.05, 3.63) is 46.8 Å². The fourth-order valence-electron chi connectivity index (χ4n) is 2.48. The maximum atomic E-state index is 14.0. The summed E-state index contributed by atoms with van der Waals surface area (Å²) in [6.07, 6.45) is 5.26. The van der Waals surface area contributed by atoms with Gasteiger partial charge in [0.2, 0.25) is 0 Å². The molecule has 1 saturated carbocycles. The Hall–Kier alpha value is -2.39. The predicted molar refractivity (Wildman–Crippen MR) is 118 cm³/mol. The number of carbonyl (C=O) groups excluding carboxylic acids is 1. The molecule has 1 aromatic rings. The second-order valence-electron chi connectivity index (χ2n) is 6.82. The SMILES string of the molecule is CN=CN/C(C)=C/C(C(=O)NOCC1CC1)=C(\CF)Nc1ccc(NBr)cc1C. The van der Waals surface area contributed by atoms with Crippen molar-refractivity contribution in [2.75, 3.05) is 30.0 Å². The van der Waals surface area contributed by atoms with E-state index in [0.717, 1.165) is 24.1 Å². The van der Waals surface area contributed by atoms with E-state index in [0.29, 0.717) is 23.9 Å². The number of hydrogen-bond donors (Lipinski definition) is 4. The van der Waals surface area contributed by atoms with Gasteiger partial charge in [0.05, 0.1) is 24.2 Å². The summed E-state index contributed by atoms with van der Waals surface area (Å²) in [5, 5.41) is 5.96. The fourth-order valence-corrected chi connectivity index (χ4v) is 2.72. The zero-order valence-corrected chi connectivity index (χ0v) is 18.4. The lowest BCUT2D eigenvalue weighted by Crippen LogP contribution is -2.28. The fraction of sp³-hybridized carbons (Fsp3) is 0.400. The predicted octanol–water partition coefficient (Wildman–Crippen LogP) is 3.96. The number of hydroxylamine groups is 1. The maximum absolute atomic E-state index is 14.0. The summed E-state index contributed by atoms with van der Waals surface area (Å²) in [4.78, 5) is 21.8. The standard InChI is InChI=1S/C20H27BrFN5O2/c1-13-8-16(26-21)6-7-18(13)25-19(10-22)17(9-14(2)24-12-23-3)20(28)27-29-11-15-4-5-15/h6-9,12,15,25-26H,4-5,10-11H2,1-3H3,(H,23,24)(H,27,28)/b14-9+,19-17-. The second-order valence-corrected chi connectivity index (χ2v) is 7.22. The van der Waals surface area contributed by atoms with Crippen LogP contribution in [0.4, 0.5) is 15.8 Å². The minimum absolute atomic E-state index is 0.134. The molecule has 158 valence electrons. The number of aliphatic imine (C=N–C) groups is 1. The van der Waals surface area contributed by atoms with Crippen LogP contribution in [0.5, 0.6) is 0 Å². The molecule has 0 unspecified atom stereocenters. The molecule has 1 aromatic carbocycles. The second kappa shape index (κ2) is 11.6. The van der Waals surface area contributed by atoms with Crippen molar-refractivity contribution >= 4 is 39.8 Å². The number of allylic oxidation sites excluding steroid dienone is 2. The van der Waals surface area contributed by atoms with Crippen molar-refractivity contribution < 1.29 is 14.0 Å². The van der Waals surface area contributed by atoms with Gasteiger partial charge in [-0.25, -0.2) is 9.87 Å². The van der Waals surface area contributed by atoms with Crippen molar-refractivity contribution in [3.8, 4) is 0 Å². The number of rotatable bonds is 11. The van der Waals surface area contributed by atoms with Gasteiger partial charge in [-0.3, -0.25) is 14.6 Å². The number of halogens is 2. The van der Waals surface area contributed by atoms with E-state index in [4.69, 9.17) is 4.84 Å². The molecule has 7 nitrogen and oxygen atoms in total. The van der Waals surface area contributed by atoms with Crippen LogP contribution in [-0.2, 0) is 9.63 Å². The normalized spacial score (nSPS) is 15.1. The third-order valence-electron chi connectivity index (χ3n) is 4.29. The lowest BCUT2D eigenvalue weighted by atomic mass is 10.1. The van der Waals surface area contributed by atoms with Gasteiger partial charge in [-0.2, -0.15) is 0 Å². The Morgan fingerprint density at radius 1 is 1.41 bits per heavy atom. The zero-order valence-electron chi connectivity index (χ0n) is 16.8. The van der Waals surface area contributed by atoms with Gasteiger partial charge in [-0.1, -0.05) is 0 Å². The van der Waals surface area contributed by atoms with Gasteiger partial charge in [-0.15, -0.1) is 0 Å². The summed E-state index contributed by atoms with van der Waals surface area (Å²) in [6.45, 7) is 3.26. The van der Waals surface area contributed by atoms with Gasteiger partial charge in [-0.05, 0) is 62.4 Å². The highest BCUT2D eigenvalue weighted by molar-refractivity contribution is 9.10. The summed E-state index contributed by atoms with van der Waals surface area (Å²) in [6, 6.07) is 5.54. The number of aryl methyl sites for hydroxylation is 1. The van der Waals surface area contributed by atoms with Gasteiger partial charge < -0.3 is 15.0 Å². The first-order valence-electron chi connectivity index (χ1n) is 9.29. The van der Waals surface area contributed by atoms with E-state index < -0.39 is 12.6 Å². The van der Waals surface area contributed by atoms with Crippen molar-refractivity contribution in [2.45, 2.75) is 26.7 Å². The molecule has 1 fully saturated rings. The number of anilines is 2. The van der Waals surface area contributed by atoms with Gasteiger partial charge in [0.1, 0.15) is 6.67 Å². The van der Waals surface area contributed by atoms with E-state index in [9.17, 15) is 9.18 Å². The van der Waals surface area contributed by atoms with Crippen molar-refractivity contribution in [1.82, 2.24) is 10.8 Å². The van der Waals surface area contributed by atoms with E-state index in [1.807, 2.05) is 25.1 Å². The molecule has 0 radical (unpaired) electrons. The molecule has 0 saturated heterocycles. The molecule has 0 atom stereocenters. The molecule has 1 aliphatic rings. The average Bonchev–Trinajstić information content (AvgIpc) is 3.54. The first kappa shape index (κ1) is 22.9. The van der Waals surface area contributed by atoms with Crippen molar-refractivity contribution in [1.29, 1.82) is 0 Å². The van der Waals surface area contributed by atoms with Crippen molar-refractivity contribution in [2.24, 2.45) is 10.9 Å². The minimum Gasteiger partial charge on any atom is -0.356 e. The quantitative estimate of drug-likeness (QED) is 0.0987. The zero-order chi connectivity index (χ0) is 21.2. The van der Waals surface area contributed by atoms with Crippen LogP contribution in [0.25, 0.3) is 0 Å². The first-order chi connectivity index (χ1) is 14.0. The summed E-state index contributed by atoms with van der Waals surface area (Å²) in [5.41, 5.74) is 5.78. The number of carbonyl (C=O) groups is 1. The third kappa shape index (κ3) is 7.51. The molecular weight excluding hydrogens is 441 g/mol. The third-order valence-corrected chi connectivity index (χ3v) is 4.75. The molecule has 29 heavy (non-hydrogen) atoms. The van der Waals surface area contributed by atoms with Crippen LogP contribution in [0.3, 0.4) is 0 Å². The maximum Gasteiger partial charge on any atom is 0.276 e. The Morgan fingerprint density at radius 3 is 2.76 bits per heavy atom. The summed E-state index contributed by atoms with van der Waals surface area (Å²) >= 11 is 3.18. The molecule has 0 bridgehead atoms. The van der Waals surface area contributed by atoms with Crippen LogP contribution in [-0.4, -0.2) is 32.6 Å². The lowest BCUT2D eigenvalue weighted by Gasteiger charge is -2.16. The number of hydrogen-bond acceptors (Lipinski definition) is 5. The highest BCUT2D eigenvalue weighted by Gasteiger charge is 2.22. The summed E-state index contributed by atoms with van der Waals surface area (Å²) in [5.74, 6) is -0.0257. The van der Waals surface area contributed by atoms with Gasteiger partial charge in [0, 0.05) is 40.3 Å². The molecule has 4 N–H and O–H groups in total. The smallest absolute Gasteiger partial charge is 0.276 e. The Kier molecular flexibility index (Phi) is 9.14. The van der Waals surface area contributed by atoms with Crippen LogP contribution in [0.2, 0.25) is 0 Å². The molecule has 9 heteroatoms. The average molecular weight is 468 g/mol. The molecule has 0 aromatic heterocycles. The topological polar surface area (TPSA) is 86.8 Å². The van der Waals surface area contributed by atoms with Gasteiger partial charge in [0.15, 0.2) is 0 Å². The Bertz CT molecular complexity index is 806. The van der Waals surface area contributed by atoms with E-state index in [1.165, 1.54) is 6.34 Å². The molecule has 1 aliphatic carbocycles. The first-order valence-corrected chi connectivity index (χ1v) is 10.1. The Morgan fingerprint density at radius 2 is 2.17 bits per heavy atom. The number of alkyl halides is 1. The van der Waals surface area contributed by atoms with Crippen LogP contribution < -0.4 is 20.5 Å². The largest absolute Gasteiger partial charge is 0.356 e. The minimum atomic E-state index is -0.852. The van der Waals surface area contributed by atoms with E-state index in [1.54, 1.807) is 20.0 Å². The van der Waals surface area contributed by atoms with Gasteiger partial charge in [0.25, 0.3) is 5.91 Å². The van der Waals surface area contributed by atoms with Crippen LogP contribution in [0, 0.1) is 12.8 Å². The summed E-state index contributed by atoms with van der Waals surface area (Å²) < 4.78 is 16.8. The monoisotopic (exact) mass is 467 g/mol. The van der Waals surface area contributed by atoms with E-state index in [2.05, 4.69) is 41.6 Å². The highest BCUT2D eigenvalue weighted by Crippen LogP contribution is 2.28. The van der Waals surface area contributed by atoms with Crippen LogP contribution in [0.1, 0.15) is 25.3 Å². The molecule has 0 heterocycles. The highest BCUT2D eigenvalue weighted by atomic mass is 79.9. The number of amides is 1. The lowest BCUT2D eigenvalue weighted by molar-refractivity contribution is -0.129. The molecule has 0 aliphatic heterocycles. The number of nitrogens with one attached hydrogen (secondary N) is 4. The van der Waals surface area contributed by atoms with Gasteiger partial charge >= 0.3 is 0 Å². The number of nitrogens with zero attached hydrogens (tertiary/aromatic N) is 1. The Labute approximate surface area is 179 Å². The molecule has 0 spiro atoms. The van der Waals surface area contributed by atoms with E-state index >= 15 is 0 Å². The molecule has 2 rings (SSSR count). The van der Waals surface area contributed by atoms with Crippen LogP contribution in [0.15, 0.2) is 46.2 Å². The summed E-state index contributed by atoms with van der Waals surface area (Å²) in [7, 11) is 1.62. The van der Waals surface area contributed by atoms with Crippen molar-refractivity contribution in [3.63, 3.8) is 0 Å². The van der Waals surface area contributed by atoms with E-state index in [-0.39, 0.29) is 11.3 Å². The number of benzene rings is 1. The Balaban J connectivity index is 2.28.